The van der Waals surface area contributed by atoms with Crippen LogP contribution in [0.15, 0.2) is 5.51 Å². The Kier molecular flexibility index (Phi) is 9.12. The molecule has 6 heteroatoms. The van der Waals surface area contributed by atoms with Crippen LogP contribution in [0.25, 0.3) is 0 Å². The summed E-state index contributed by atoms with van der Waals surface area (Å²) in [7, 11) is 1.65. The van der Waals surface area contributed by atoms with E-state index in [0.29, 0.717) is 0 Å². The number of aromatic nitrogens is 2. The maximum atomic E-state index is 5.15. The second-order valence-corrected chi connectivity index (χ2v) is 2.99. The molecule has 0 saturated heterocycles. The van der Waals surface area contributed by atoms with Gasteiger partial charge in [-0.1, -0.05) is 0 Å². The molecule has 0 bridgehead atoms. The third-order valence-corrected chi connectivity index (χ3v) is 1.83. The van der Waals surface area contributed by atoms with Crippen molar-refractivity contribution in [2.45, 2.75) is 13.3 Å². The first-order chi connectivity index (χ1) is 6.35. The minimum absolute atomic E-state index is 0.756. The third-order valence-electron chi connectivity index (χ3n) is 1.07. The molecule has 0 unspecified atom stereocenters. The van der Waals surface area contributed by atoms with Crippen molar-refractivity contribution in [2.75, 3.05) is 20.3 Å². The number of nitrogens with two attached hydrogens (primary N) is 1. The van der Waals surface area contributed by atoms with E-state index in [1.165, 1.54) is 0 Å². The van der Waals surface area contributed by atoms with E-state index in [0.717, 1.165) is 24.6 Å². The van der Waals surface area contributed by atoms with Crippen LogP contribution in [0.4, 0.5) is 0 Å². The van der Waals surface area contributed by atoms with Crippen LogP contribution in [0, 0.1) is 0 Å². The van der Waals surface area contributed by atoms with Crippen molar-refractivity contribution in [1.29, 1.82) is 0 Å². The first-order valence-corrected chi connectivity index (χ1v) is 4.93. The van der Waals surface area contributed by atoms with Crippen molar-refractivity contribution < 1.29 is 4.74 Å². The van der Waals surface area contributed by atoms with Gasteiger partial charge in [0.15, 0.2) is 0 Å². The maximum Gasteiger partial charge on any atom is 0.119 e. The van der Waals surface area contributed by atoms with Gasteiger partial charge < -0.3 is 4.74 Å². The molecule has 0 aliphatic rings. The Hall–Kier alpha value is -0.560. The van der Waals surface area contributed by atoms with Gasteiger partial charge in [0.25, 0.3) is 0 Å². The Labute approximate surface area is 82.3 Å². The molecule has 0 amide bonds. The van der Waals surface area contributed by atoms with Crippen LogP contribution in [0.2, 0.25) is 0 Å². The Morgan fingerprint density at radius 1 is 1.69 bits per heavy atom. The fraction of sp³-hybridized carbons (Fsp3) is 0.714. The molecule has 1 aromatic heterocycles. The Balaban J connectivity index is 0.000000424. The number of rotatable bonds is 4. The monoisotopic (exact) mass is 204 g/mol. The van der Waals surface area contributed by atoms with Gasteiger partial charge in [0, 0.05) is 13.0 Å². The van der Waals surface area contributed by atoms with Crippen LogP contribution in [-0.4, -0.2) is 30.5 Å². The molecule has 0 aromatic carbocycles. The zero-order valence-electron chi connectivity index (χ0n) is 7.99. The highest BCUT2D eigenvalue weighted by Crippen LogP contribution is 2.01. The summed E-state index contributed by atoms with van der Waals surface area (Å²) in [6, 6.07) is 0. The van der Waals surface area contributed by atoms with E-state index in [9.17, 15) is 0 Å². The quantitative estimate of drug-likeness (QED) is 0.416. The van der Waals surface area contributed by atoms with E-state index in [1.807, 2.05) is 6.92 Å². The van der Waals surface area contributed by atoms with Crippen molar-refractivity contribution >= 4 is 11.3 Å². The summed E-state index contributed by atoms with van der Waals surface area (Å²) in [5.74, 6) is 4.60. The zero-order valence-corrected chi connectivity index (χ0v) is 8.80. The molecule has 0 fully saturated rings. The average molecular weight is 204 g/mol. The van der Waals surface area contributed by atoms with Crippen molar-refractivity contribution in [3.05, 3.63) is 10.5 Å². The molecule has 13 heavy (non-hydrogen) atoms. The fourth-order valence-electron chi connectivity index (χ4n) is 0.609. The zero-order chi connectivity index (χ0) is 9.94. The molecule has 1 heterocycles. The summed E-state index contributed by atoms with van der Waals surface area (Å²) >= 11 is 1.57. The van der Waals surface area contributed by atoms with Crippen LogP contribution in [0.1, 0.15) is 11.9 Å². The SMILES string of the molecule is CCOCCc1nncs1.CNN. The number of hydrogen-bond acceptors (Lipinski definition) is 6. The second kappa shape index (κ2) is 9.53. The summed E-state index contributed by atoms with van der Waals surface area (Å²) in [4.78, 5) is 0. The summed E-state index contributed by atoms with van der Waals surface area (Å²) in [5, 5.41) is 8.64. The van der Waals surface area contributed by atoms with Gasteiger partial charge in [0.05, 0.1) is 6.61 Å². The predicted octanol–water partition coefficient (Wildman–Crippen LogP) is 0.197. The number of hydrogen-bond donors (Lipinski definition) is 2. The lowest BCUT2D eigenvalue weighted by atomic mass is 10.5. The molecule has 0 saturated carbocycles. The van der Waals surface area contributed by atoms with E-state index >= 15 is 0 Å². The van der Waals surface area contributed by atoms with E-state index in [4.69, 9.17) is 4.74 Å². The molecule has 3 N–H and O–H groups in total. The minimum atomic E-state index is 0.756. The van der Waals surface area contributed by atoms with Crippen LogP contribution in [0.3, 0.4) is 0 Å². The molecule has 0 spiro atoms. The topological polar surface area (TPSA) is 73.1 Å². The first kappa shape index (κ1) is 12.4. The molecule has 0 aliphatic carbocycles. The highest BCUT2D eigenvalue weighted by molar-refractivity contribution is 7.09. The lowest BCUT2D eigenvalue weighted by Crippen LogP contribution is -2.13. The summed E-state index contributed by atoms with van der Waals surface area (Å²) in [6.07, 6.45) is 0.887. The molecule has 1 rings (SSSR count). The van der Waals surface area contributed by atoms with E-state index < -0.39 is 0 Å². The largest absolute Gasteiger partial charge is 0.381 e. The smallest absolute Gasteiger partial charge is 0.119 e. The van der Waals surface area contributed by atoms with Gasteiger partial charge in [-0.25, -0.2) is 0 Å². The van der Waals surface area contributed by atoms with Gasteiger partial charge >= 0.3 is 0 Å². The lowest BCUT2D eigenvalue weighted by molar-refractivity contribution is 0.150. The first-order valence-electron chi connectivity index (χ1n) is 4.05. The summed E-state index contributed by atoms with van der Waals surface area (Å²) < 4.78 is 5.15. The van der Waals surface area contributed by atoms with Crippen LogP contribution < -0.4 is 11.3 Å². The number of hydrazine groups is 1. The number of nitrogens with zero attached hydrogens (tertiary/aromatic N) is 2. The van der Waals surface area contributed by atoms with Crippen LogP contribution in [0.5, 0.6) is 0 Å². The molecule has 0 atom stereocenters. The highest BCUT2D eigenvalue weighted by atomic mass is 32.1. The van der Waals surface area contributed by atoms with Crippen LogP contribution >= 0.6 is 11.3 Å². The normalized spacial score (nSPS) is 9.15. The van der Waals surface area contributed by atoms with Crippen molar-refractivity contribution in [3.63, 3.8) is 0 Å². The van der Waals surface area contributed by atoms with Gasteiger partial charge in [-0.3, -0.25) is 11.3 Å². The Bertz CT molecular complexity index is 181. The lowest BCUT2D eigenvalue weighted by Gasteiger charge is -1.95. The van der Waals surface area contributed by atoms with Gasteiger partial charge in [-0.2, -0.15) is 0 Å². The maximum absolute atomic E-state index is 5.15. The second-order valence-electron chi connectivity index (χ2n) is 2.07. The number of ether oxygens (including phenoxy) is 1. The molecule has 5 nitrogen and oxygen atoms in total. The summed E-state index contributed by atoms with van der Waals surface area (Å²) in [5.41, 5.74) is 3.99. The van der Waals surface area contributed by atoms with Crippen molar-refractivity contribution in [3.8, 4) is 0 Å². The number of nitrogens with one attached hydrogen (secondary N) is 1. The minimum Gasteiger partial charge on any atom is -0.381 e. The predicted molar refractivity (Wildman–Crippen MR) is 53.4 cm³/mol. The van der Waals surface area contributed by atoms with Crippen molar-refractivity contribution in [1.82, 2.24) is 15.6 Å². The molecule has 1 aromatic rings. The van der Waals surface area contributed by atoms with Gasteiger partial charge in [0.1, 0.15) is 10.5 Å². The van der Waals surface area contributed by atoms with Gasteiger partial charge in [0.2, 0.25) is 0 Å². The third kappa shape index (κ3) is 7.79. The molecule has 0 radical (unpaired) electrons. The Morgan fingerprint density at radius 2 is 2.38 bits per heavy atom. The summed E-state index contributed by atoms with van der Waals surface area (Å²) in [6.45, 7) is 3.52. The standard InChI is InChI=1S/C6H10N2OS.CH6N2/c1-2-9-4-3-6-8-7-5-10-6;1-3-2/h5H,2-4H2,1H3;3H,2H2,1H3. The molecular weight excluding hydrogens is 188 g/mol. The van der Waals surface area contributed by atoms with E-state index in [1.54, 1.807) is 23.9 Å². The van der Waals surface area contributed by atoms with Gasteiger partial charge in [-0.05, 0) is 14.0 Å². The van der Waals surface area contributed by atoms with E-state index in [2.05, 4.69) is 21.5 Å². The van der Waals surface area contributed by atoms with E-state index in [-0.39, 0.29) is 0 Å². The van der Waals surface area contributed by atoms with Crippen LogP contribution in [-0.2, 0) is 11.2 Å². The Morgan fingerprint density at radius 3 is 2.85 bits per heavy atom. The molecule has 0 aliphatic heterocycles. The van der Waals surface area contributed by atoms with Crippen molar-refractivity contribution in [2.24, 2.45) is 5.84 Å². The average Bonchev–Trinajstić information content (AvgIpc) is 2.59. The molecule has 76 valence electrons. The van der Waals surface area contributed by atoms with Gasteiger partial charge in [-0.15, -0.1) is 21.5 Å². The molecular formula is C7H16N4OS. The highest BCUT2D eigenvalue weighted by Gasteiger charge is 1.94. The fourth-order valence-corrected chi connectivity index (χ4v) is 1.12.